The van der Waals surface area contributed by atoms with Gasteiger partial charge >= 0.3 is 6.18 Å². The minimum absolute atomic E-state index is 0.0161. The first-order chi connectivity index (χ1) is 13.8. The van der Waals surface area contributed by atoms with Gasteiger partial charge in [-0.15, -0.1) is 0 Å². The van der Waals surface area contributed by atoms with E-state index in [0.717, 1.165) is 5.69 Å². The zero-order chi connectivity index (χ0) is 21.0. The molecule has 3 rings (SSSR count). The third-order valence-corrected chi connectivity index (χ3v) is 4.89. The van der Waals surface area contributed by atoms with Crippen molar-refractivity contribution in [3.8, 4) is 0 Å². The standard InChI is InChI=1S/C22H21F3N2O2/c1-16(28)17-7-9-19(10-8-17)26-11-13-27(14-12-26)21(29)15-20(22(23,24)25)18-5-3-2-4-6-18/h2-10,15H,11-14H2,1H3/b20-15-. The number of hydrogen-bond acceptors (Lipinski definition) is 3. The predicted molar refractivity (Wildman–Crippen MR) is 106 cm³/mol. The number of allylic oxidation sites excluding steroid dienone is 1. The Bertz CT molecular complexity index is 898. The molecule has 2 aromatic rings. The molecule has 7 heteroatoms. The van der Waals surface area contributed by atoms with Gasteiger partial charge in [0.1, 0.15) is 0 Å². The summed E-state index contributed by atoms with van der Waals surface area (Å²) in [6.07, 6.45) is -3.93. The number of piperazine rings is 1. The Balaban J connectivity index is 1.69. The first kappa shape index (κ1) is 20.6. The Hall–Kier alpha value is -3.09. The number of halogens is 3. The zero-order valence-corrected chi connectivity index (χ0v) is 15.9. The van der Waals surface area contributed by atoms with Crippen LogP contribution in [0.15, 0.2) is 60.7 Å². The summed E-state index contributed by atoms with van der Waals surface area (Å²) in [5, 5.41) is 0. The van der Waals surface area contributed by atoms with Crippen LogP contribution in [0.1, 0.15) is 22.8 Å². The lowest BCUT2D eigenvalue weighted by Crippen LogP contribution is -2.48. The van der Waals surface area contributed by atoms with Crippen LogP contribution in [0.4, 0.5) is 18.9 Å². The lowest BCUT2D eigenvalue weighted by atomic mass is 10.0. The van der Waals surface area contributed by atoms with Gasteiger partial charge in [-0.3, -0.25) is 9.59 Å². The molecule has 0 bridgehead atoms. The van der Waals surface area contributed by atoms with Gasteiger partial charge in [0.25, 0.3) is 0 Å². The van der Waals surface area contributed by atoms with E-state index in [1.807, 2.05) is 17.0 Å². The molecule has 29 heavy (non-hydrogen) atoms. The molecule has 1 heterocycles. The van der Waals surface area contributed by atoms with Crippen LogP contribution in [0.25, 0.3) is 5.57 Å². The lowest BCUT2D eigenvalue weighted by molar-refractivity contribution is -0.126. The molecule has 0 aliphatic carbocycles. The first-order valence-corrected chi connectivity index (χ1v) is 9.25. The molecule has 0 atom stereocenters. The minimum atomic E-state index is -4.61. The maximum atomic E-state index is 13.4. The SMILES string of the molecule is CC(=O)c1ccc(N2CCN(C(=O)/C=C(/c3ccccc3)C(F)(F)F)CC2)cc1. The highest BCUT2D eigenvalue weighted by Gasteiger charge is 2.36. The van der Waals surface area contributed by atoms with Crippen LogP contribution in [0, 0.1) is 0 Å². The van der Waals surface area contributed by atoms with Crippen LogP contribution in [-0.4, -0.2) is 48.9 Å². The number of amides is 1. The highest BCUT2D eigenvalue weighted by atomic mass is 19.4. The molecular weight excluding hydrogens is 381 g/mol. The van der Waals surface area contributed by atoms with Crippen molar-refractivity contribution in [1.29, 1.82) is 0 Å². The Kier molecular flexibility index (Phi) is 6.06. The first-order valence-electron chi connectivity index (χ1n) is 9.25. The van der Waals surface area contributed by atoms with E-state index in [1.54, 1.807) is 18.2 Å². The summed E-state index contributed by atoms with van der Waals surface area (Å²) in [7, 11) is 0. The maximum absolute atomic E-state index is 13.4. The number of hydrogen-bond donors (Lipinski definition) is 0. The molecular formula is C22H21F3N2O2. The van der Waals surface area contributed by atoms with Gasteiger partial charge in [-0.05, 0) is 36.8 Å². The molecule has 1 aliphatic heterocycles. The number of rotatable bonds is 4. The van der Waals surface area contributed by atoms with Crippen molar-refractivity contribution < 1.29 is 22.8 Å². The fourth-order valence-electron chi connectivity index (χ4n) is 3.25. The van der Waals surface area contributed by atoms with Crippen molar-refractivity contribution in [2.24, 2.45) is 0 Å². The van der Waals surface area contributed by atoms with Crippen LogP contribution in [-0.2, 0) is 4.79 Å². The molecule has 1 saturated heterocycles. The molecule has 0 unspecified atom stereocenters. The van der Waals surface area contributed by atoms with Crippen molar-refractivity contribution in [2.75, 3.05) is 31.1 Å². The van der Waals surface area contributed by atoms with Gasteiger partial charge in [-0.1, -0.05) is 30.3 Å². The van der Waals surface area contributed by atoms with Gasteiger partial charge in [0, 0.05) is 43.5 Å². The summed E-state index contributed by atoms with van der Waals surface area (Å²) in [6, 6.07) is 14.5. The molecule has 1 amide bonds. The Morgan fingerprint density at radius 3 is 1.97 bits per heavy atom. The maximum Gasteiger partial charge on any atom is 0.417 e. The molecule has 1 aliphatic rings. The molecule has 0 aromatic heterocycles. The normalized spacial score (nSPS) is 15.4. The number of alkyl halides is 3. The van der Waals surface area contributed by atoms with Crippen molar-refractivity contribution in [1.82, 2.24) is 4.90 Å². The van der Waals surface area contributed by atoms with Gasteiger partial charge < -0.3 is 9.80 Å². The molecule has 4 nitrogen and oxygen atoms in total. The van der Waals surface area contributed by atoms with E-state index in [4.69, 9.17) is 0 Å². The number of anilines is 1. The summed E-state index contributed by atoms with van der Waals surface area (Å²) in [4.78, 5) is 27.3. The number of nitrogens with zero attached hydrogens (tertiary/aromatic N) is 2. The number of ketones is 1. The summed E-state index contributed by atoms with van der Waals surface area (Å²) in [5.74, 6) is -0.662. The van der Waals surface area contributed by atoms with Crippen molar-refractivity contribution >= 4 is 23.0 Å². The monoisotopic (exact) mass is 402 g/mol. The summed E-state index contributed by atoms with van der Waals surface area (Å²) in [5.41, 5.74) is 0.564. The molecule has 0 radical (unpaired) electrons. The van der Waals surface area contributed by atoms with Crippen LogP contribution >= 0.6 is 0 Å². The lowest BCUT2D eigenvalue weighted by Gasteiger charge is -2.36. The average molecular weight is 402 g/mol. The smallest absolute Gasteiger partial charge is 0.368 e. The summed E-state index contributed by atoms with van der Waals surface area (Å²) < 4.78 is 40.3. The van der Waals surface area contributed by atoms with Crippen LogP contribution in [0.2, 0.25) is 0 Å². The molecule has 0 saturated carbocycles. The second kappa shape index (κ2) is 8.51. The topological polar surface area (TPSA) is 40.6 Å². The van der Waals surface area contributed by atoms with Gasteiger partial charge in [0.05, 0.1) is 5.57 Å². The minimum Gasteiger partial charge on any atom is -0.368 e. The summed E-state index contributed by atoms with van der Waals surface area (Å²) in [6.45, 7) is 3.16. The van der Waals surface area contributed by atoms with E-state index in [-0.39, 0.29) is 11.3 Å². The Labute approximate surface area is 167 Å². The second-order valence-electron chi connectivity index (χ2n) is 6.84. The van der Waals surface area contributed by atoms with Crippen LogP contribution in [0.5, 0.6) is 0 Å². The van der Waals surface area contributed by atoms with Crippen LogP contribution < -0.4 is 4.90 Å². The number of carbonyl (C=O) groups is 2. The van der Waals surface area contributed by atoms with Gasteiger partial charge in [0.15, 0.2) is 5.78 Å². The van der Waals surface area contributed by atoms with Gasteiger partial charge in [-0.25, -0.2) is 0 Å². The molecule has 2 aromatic carbocycles. The number of carbonyl (C=O) groups excluding carboxylic acids is 2. The van der Waals surface area contributed by atoms with Crippen molar-refractivity contribution in [2.45, 2.75) is 13.1 Å². The van der Waals surface area contributed by atoms with E-state index in [2.05, 4.69) is 0 Å². The molecule has 0 N–H and O–H groups in total. The highest BCUT2D eigenvalue weighted by molar-refractivity contribution is 5.96. The van der Waals surface area contributed by atoms with Crippen molar-refractivity contribution in [3.63, 3.8) is 0 Å². The average Bonchev–Trinajstić information content (AvgIpc) is 2.72. The molecule has 152 valence electrons. The van der Waals surface area contributed by atoms with Crippen molar-refractivity contribution in [3.05, 3.63) is 71.8 Å². The number of benzene rings is 2. The van der Waals surface area contributed by atoms with E-state index in [9.17, 15) is 22.8 Å². The van der Waals surface area contributed by atoms with Crippen LogP contribution in [0.3, 0.4) is 0 Å². The number of Topliss-reactive ketones (excluding diaryl/α,β-unsaturated/α-hetero) is 1. The highest BCUT2D eigenvalue weighted by Crippen LogP contribution is 2.33. The third kappa shape index (κ3) is 5.04. The molecule has 0 spiro atoms. The molecule has 1 fully saturated rings. The fourth-order valence-corrected chi connectivity index (χ4v) is 3.25. The van der Waals surface area contributed by atoms with E-state index < -0.39 is 17.7 Å². The fraction of sp³-hybridized carbons (Fsp3) is 0.273. The second-order valence-corrected chi connectivity index (χ2v) is 6.84. The van der Waals surface area contributed by atoms with E-state index in [0.29, 0.717) is 37.8 Å². The predicted octanol–water partition coefficient (Wildman–Crippen LogP) is 4.18. The largest absolute Gasteiger partial charge is 0.417 e. The Morgan fingerprint density at radius 2 is 1.45 bits per heavy atom. The summed E-state index contributed by atoms with van der Waals surface area (Å²) >= 11 is 0. The van der Waals surface area contributed by atoms with Gasteiger partial charge in [-0.2, -0.15) is 13.2 Å². The van der Waals surface area contributed by atoms with Gasteiger partial charge in [0.2, 0.25) is 5.91 Å². The Morgan fingerprint density at radius 1 is 0.862 bits per heavy atom. The quantitative estimate of drug-likeness (QED) is 0.569. The van der Waals surface area contributed by atoms with E-state index >= 15 is 0 Å². The van der Waals surface area contributed by atoms with E-state index in [1.165, 1.54) is 36.1 Å². The third-order valence-electron chi connectivity index (χ3n) is 4.89. The zero-order valence-electron chi connectivity index (χ0n) is 15.9.